The highest BCUT2D eigenvalue weighted by atomic mass is 19.4. The first-order valence-electron chi connectivity index (χ1n) is 8.04. The van der Waals surface area contributed by atoms with Crippen molar-refractivity contribution < 1.29 is 28.0 Å². The minimum atomic E-state index is -5.13. The van der Waals surface area contributed by atoms with Gasteiger partial charge in [-0.3, -0.25) is 14.9 Å². The minimum Gasteiger partial charge on any atom is -0.362 e. The van der Waals surface area contributed by atoms with Crippen LogP contribution in [0, 0.1) is 22.0 Å². The number of non-ortho nitro benzene ring substituents is 1. The molecule has 140 valence electrons. The summed E-state index contributed by atoms with van der Waals surface area (Å²) >= 11 is 0. The van der Waals surface area contributed by atoms with Crippen molar-refractivity contribution in [3.63, 3.8) is 0 Å². The van der Waals surface area contributed by atoms with E-state index in [4.69, 9.17) is 0 Å². The monoisotopic (exact) mass is 371 g/mol. The lowest BCUT2D eigenvalue weighted by molar-refractivity contribution is -0.384. The van der Waals surface area contributed by atoms with Gasteiger partial charge in [0.15, 0.2) is 0 Å². The van der Waals surface area contributed by atoms with Crippen LogP contribution >= 0.6 is 0 Å². The molecule has 0 unspecified atom stereocenters. The summed E-state index contributed by atoms with van der Waals surface area (Å²) in [5, 5.41) is 25.3. The molecule has 3 atom stereocenters. The van der Waals surface area contributed by atoms with Crippen LogP contribution in [-0.2, 0) is 0 Å². The largest absolute Gasteiger partial charge is 0.439 e. The number of hydrazone groups is 1. The zero-order valence-corrected chi connectivity index (χ0v) is 13.7. The first-order valence-corrected chi connectivity index (χ1v) is 8.04. The van der Waals surface area contributed by atoms with E-state index in [0.29, 0.717) is 12.8 Å². The fourth-order valence-corrected chi connectivity index (χ4v) is 3.58. The molecule has 1 fully saturated rings. The molecule has 1 N–H and O–H groups in total. The summed E-state index contributed by atoms with van der Waals surface area (Å²) in [6.45, 7) is 1.70. The van der Waals surface area contributed by atoms with Crippen LogP contribution in [0.1, 0.15) is 36.5 Å². The van der Waals surface area contributed by atoms with Gasteiger partial charge >= 0.3 is 6.18 Å². The van der Waals surface area contributed by atoms with E-state index in [1.807, 2.05) is 0 Å². The third-order valence-electron chi connectivity index (χ3n) is 4.93. The highest BCUT2D eigenvalue weighted by molar-refractivity contribution is 6.00. The summed E-state index contributed by atoms with van der Waals surface area (Å²) in [5.41, 5.74) is -4.12. The number of hydrogen-bond donors (Lipinski definition) is 1. The lowest BCUT2D eigenvalue weighted by Gasteiger charge is -2.39. The Bertz CT molecular complexity index is 795. The Morgan fingerprint density at radius 2 is 2.12 bits per heavy atom. The summed E-state index contributed by atoms with van der Waals surface area (Å²) < 4.78 is 41.3. The van der Waals surface area contributed by atoms with Crippen LogP contribution in [0.4, 0.5) is 18.9 Å². The summed E-state index contributed by atoms with van der Waals surface area (Å²) in [7, 11) is 0. The first kappa shape index (κ1) is 18.3. The Morgan fingerprint density at radius 3 is 2.73 bits per heavy atom. The zero-order valence-electron chi connectivity index (χ0n) is 13.7. The van der Waals surface area contributed by atoms with Crippen molar-refractivity contribution in [1.82, 2.24) is 5.01 Å². The summed E-state index contributed by atoms with van der Waals surface area (Å²) in [5.74, 6) is -2.87. The maximum atomic E-state index is 13.8. The Morgan fingerprint density at radius 1 is 1.42 bits per heavy atom. The van der Waals surface area contributed by atoms with Gasteiger partial charge in [-0.25, -0.2) is 0 Å². The molecule has 1 amide bonds. The van der Waals surface area contributed by atoms with Gasteiger partial charge in [0.2, 0.25) is 0 Å². The second-order valence-electron chi connectivity index (χ2n) is 6.56. The number of carbonyl (C=O) groups excluding carboxylic acids is 1. The fourth-order valence-electron chi connectivity index (χ4n) is 3.58. The topological polar surface area (TPSA) is 96.0 Å². The molecule has 1 saturated carbocycles. The van der Waals surface area contributed by atoms with E-state index >= 15 is 0 Å². The number of fused-ring (bicyclic) bond motifs is 1. The van der Waals surface area contributed by atoms with Crippen LogP contribution in [-0.4, -0.2) is 38.6 Å². The van der Waals surface area contributed by atoms with Crippen molar-refractivity contribution in [3.8, 4) is 0 Å². The van der Waals surface area contributed by atoms with E-state index in [9.17, 15) is 33.2 Å². The predicted octanol–water partition coefficient (Wildman–Crippen LogP) is 3.09. The number of nitro groups is 1. The Balaban J connectivity index is 2.07. The molecule has 0 aromatic heterocycles. The molecule has 1 heterocycles. The van der Waals surface area contributed by atoms with E-state index in [-0.39, 0.29) is 28.6 Å². The number of nitrogens with zero attached hydrogens (tertiary/aromatic N) is 3. The molecule has 1 aromatic rings. The van der Waals surface area contributed by atoms with Gasteiger partial charge in [-0.15, -0.1) is 0 Å². The van der Waals surface area contributed by atoms with Gasteiger partial charge in [-0.05, 0) is 24.8 Å². The standard InChI is InChI=1S/C16H16F3N3O4/c1-9-4-2-7-12-13(9)20-21(15(12,24)16(17,18)19)14(23)10-5-3-6-11(8-10)22(25)26/h3,5-6,8-9,12,24H,2,4,7H2,1H3/t9-,12+,15+/m1/s1. The predicted molar refractivity (Wildman–Crippen MR) is 84.2 cm³/mol. The molecule has 1 aliphatic heterocycles. The molecule has 0 spiro atoms. The maximum Gasteiger partial charge on any atom is 0.439 e. The molecule has 0 saturated heterocycles. The molecule has 26 heavy (non-hydrogen) atoms. The first-order chi connectivity index (χ1) is 12.1. The minimum absolute atomic E-state index is 0.0495. The maximum absolute atomic E-state index is 13.8. The highest BCUT2D eigenvalue weighted by Gasteiger charge is 2.69. The second-order valence-corrected chi connectivity index (χ2v) is 6.56. The molecule has 0 bridgehead atoms. The van der Waals surface area contributed by atoms with Crippen LogP contribution in [0.2, 0.25) is 0 Å². The van der Waals surface area contributed by atoms with Crippen LogP contribution in [0.25, 0.3) is 0 Å². The lowest BCUT2D eigenvalue weighted by Crippen LogP contribution is -2.61. The van der Waals surface area contributed by atoms with Gasteiger partial charge in [0.25, 0.3) is 17.3 Å². The van der Waals surface area contributed by atoms with E-state index in [1.165, 1.54) is 6.07 Å². The smallest absolute Gasteiger partial charge is 0.362 e. The van der Waals surface area contributed by atoms with Crippen LogP contribution in [0.15, 0.2) is 29.4 Å². The van der Waals surface area contributed by atoms with Crippen molar-refractivity contribution in [2.45, 2.75) is 38.1 Å². The van der Waals surface area contributed by atoms with Crippen molar-refractivity contribution in [2.75, 3.05) is 0 Å². The average Bonchev–Trinajstić information content (AvgIpc) is 2.90. The van der Waals surface area contributed by atoms with Gasteiger partial charge in [-0.1, -0.05) is 19.4 Å². The number of halogens is 3. The summed E-state index contributed by atoms with van der Waals surface area (Å²) in [6, 6.07) is 4.32. The van der Waals surface area contributed by atoms with E-state index in [0.717, 1.165) is 18.2 Å². The number of aliphatic hydroxyl groups is 1. The number of alkyl halides is 3. The third kappa shape index (κ3) is 2.64. The van der Waals surface area contributed by atoms with Crippen LogP contribution < -0.4 is 0 Å². The number of hydrogen-bond acceptors (Lipinski definition) is 5. The van der Waals surface area contributed by atoms with E-state index < -0.39 is 34.3 Å². The van der Waals surface area contributed by atoms with Crippen molar-refractivity contribution >= 4 is 17.3 Å². The molecular formula is C16H16F3N3O4. The number of rotatable bonds is 2. The highest BCUT2D eigenvalue weighted by Crippen LogP contribution is 2.49. The molecule has 7 nitrogen and oxygen atoms in total. The molecule has 1 aromatic carbocycles. The number of amides is 1. The molecule has 1 aliphatic carbocycles. The molecule has 2 aliphatic rings. The number of benzene rings is 1. The van der Waals surface area contributed by atoms with Gasteiger partial charge in [0.1, 0.15) is 0 Å². The Hall–Kier alpha value is -2.49. The molecule has 0 radical (unpaired) electrons. The van der Waals surface area contributed by atoms with Crippen molar-refractivity contribution in [3.05, 3.63) is 39.9 Å². The Kier molecular flexibility index (Phi) is 4.26. The van der Waals surface area contributed by atoms with Crippen LogP contribution in [0.5, 0.6) is 0 Å². The second kappa shape index (κ2) is 6.04. The Labute approximate surface area is 146 Å². The van der Waals surface area contributed by atoms with Crippen LogP contribution in [0.3, 0.4) is 0 Å². The van der Waals surface area contributed by atoms with E-state index in [1.54, 1.807) is 6.92 Å². The fraction of sp³-hybridized carbons (Fsp3) is 0.500. The van der Waals surface area contributed by atoms with Gasteiger partial charge < -0.3 is 5.11 Å². The number of nitro benzene ring substituents is 1. The quantitative estimate of drug-likeness (QED) is 0.638. The van der Waals surface area contributed by atoms with Crippen molar-refractivity contribution in [1.29, 1.82) is 0 Å². The van der Waals surface area contributed by atoms with Crippen molar-refractivity contribution in [2.24, 2.45) is 16.9 Å². The van der Waals surface area contributed by atoms with E-state index in [2.05, 4.69) is 5.10 Å². The SMILES string of the molecule is C[C@@H]1CCC[C@H]2C1=NN(C(=O)c1cccc([N+](=O)[O-])c1)[C@@]2(O)C(F)(F)F. The third-order valence-corrected chi connectivity index (χ3v) is 4.93. The lowest BCUT2D eigenvalue weighted by atomic mass is 9.75. The normalized spacial score (nSPS) is 28.5. The van der Waals surface area contributed by atoms with Gasteiger partial charge in [0.05, 0.1) is 10.8 Å². The molecular weight excluding hydrogens is 355 g/mol. The molecule has 3 rings (SSSR count). The average molecular weight is 371 g/mol. The summed E-state index contributed by atoms with van der Waals surface area (Å²) in [6.07, 6.45) is -3.99. The molecule has 10 heteroatoms. The summed E-state index contributed by atoms with van der Waals surface area (Å²) in [4.78, 5) is 22.8. The van der Waals surface area contributed by atoms with Gasteiger partial charge in [-0.2, -0.15) is 23.3 Å². The zero-order chi connectivity index (χ0) is 19.3. The number of carbonyl (C=O) groups is 1. The van der Waals surface area contributed by atoms with Gasteiger partial charge in [0, 0.05) is 23.4 Å².